The molecule has 0 aliphatic carbocycles. The third-order valence-corrected chi connectivity index (χ3v) is 5.40. The van der Waals surface area contributed by atoms with Gasteiger partial charge in [0.2, 0.25) is 11.7 Å². The smallest absolute Gasteiger partial charge is 0.255 e. The molecule has 10 heteroatoms. The number of halogens is 1. The average molecular weight is 456 g/mol. The molecular formula is C22H22ClN5O4. The molecule has 32 heavy (non-hydrogen) atoms. The summed E-state index contributed by atoms with van der Waals surface area (Å²) in [6.45, 7) is 1.82. The van der Waals surface area contributed by atoms with Gasteiger partial charge in [-0.2, -0.15) is 10.1 Å². The number of amides is 1. The molecule has 0 spiro atoms. The second kappa shape index (κ2) is 8.80. The zero-order valence-electron chi connectivity index (χ0n) is 18.0. The number of hydrogen-bond acceptors (Lipinski definition) is 7. The highest BCUT2D eigenvalue weighted by Crippen LogP contribution is 2.43. The second-order valence-corrected chi connectivity index (χ2v) is 7.45. The molecule has 2 aromatic carbocycles. The lowest BCUT2D eigenvalue weighted by atomic mass is 9.94. The van der Waals surface area contributed by atoms with Gasteiger partial charge in [-0.3, -0.25) is 4.79 Å². The van der Waals surface area contributed by atoms with Crippen LogP contribution in [0.25, 0.3) is 0 Å². The topological polar surface area (TPSA) is 99.5 Å². The van der Waals surface area contributed by atoms with Crippen molar-refractivity contribution in [2.24, 2.45) is 0 Å². The number of nitrogens with one attached hydrogen (secondary N) is 2. The molecule has 3 aromatic rings. The summed E-state index contributed by atoms with van der Waals surface area (Å²) in [5, 5.41) is 11.0. The van der Waals surface area contributed by atoms with E-state index < -0.39 is 6.04 Å². The number of anilines is 2. The molecule has 1 aromatic heterocycles. The van der Waals surface area contributed by atoms with Crippen LogP contribution in [0.5, 0.6) is 17.2 Å². The molecule has 4 rings (SSSR count). The van der Waals surface area contributed by atoms with E-state index >= 15 is 0 Å². The Kier molecular flexibility index (Phi) is 5.91. The van der Waals surface area contributed by atoms with Crippen LogP contribution >= 0.6 is 11.6 Å². The number of methoxy groups -OCH3 is 3. The van der Waals surface area contributed by atoms with Gasteiger partial charge in [0.05, 0.1) is 26.9 Å². The van der Waals surface area contributed by atoms with Crippen molar-refractivity contribution in [3.05, 3.63) is 64.6 Å². The normalized spacial score (nSPS) is 15.0. The molecule has 1 aliphatic heterocycles. The number of aromatic nitrogens is 3. The fraction of sp³-hybridized carbons (Fsp3) is 0.227. The highest BCUT2D eigenvalue weighted by Gasteiger charge is 2.34. The van der Waals surface area contributed by atoms with Crippen molar-refractivity contribution >= 4 is 29.1 Å². The first-order chi connectivity index (χ1) is 15.5. The predicted molar refractivity (Wildman–Crippen MR) is 121 cm³/mol. The van der Waals surface area contributed by atoms with Crippen molar-refractivity contribution in [1.29, 1.82) is 0 Å². The van der Waals surface area contributed by atoms with Gasteiger partial charge in [0.15, 0.2) is 11.5 Å². The van der Waals surface area contributed by atoms with E-state index in [4.69, 9.17) is 25.8 Å². The third-order valence-electron chi connectivity index (χ3n) is 5.14. The number of allylic oxidation sites excluding steroid dienone is 1. The Hall–Kier alpha value is -3.72. The van der Waals surface area contributed by atoms with Crippen molar-refractivity contribution in [3.63, 3.8) is 0 Å². The second-order valence-electron chi connectivity index (χ2n) is 7.01. The van der Waals surface area contributed by atoms with E-state index in [1.54, 1.807) is 55.3 Å². The minimum absolute atomic E-state index is 0.294. The van der Waals surface area contributed by atoms with Gasteiger partial charge in [-0.25, -0.2) is 4.68 Å². The van der Waals surface area contributed by atoms with E-state index in [1.807, 2.05) is 6.92 Å². The summed E-state index contributed by atoms with van der Waals surface area (Å²) in [5.41, 5.74) is 2.45. The lowest BCUT2D eigenvalue weighted by molar-refractivity contribution is -0.113. The average Bonchev–Trinajstić information content (AvgIpc) is 3.26. The zero-order valence-corrected chi connectivity index (χ0v) is 18.7. The number of ether oxygens (including phenoxy) is 3. The molecule has 1 amide bonds. The maximum Gasteiger partial charge on any atom is 0.255 e. The van der Waals surface area contributed by atoms with Crippen LogP contribution in [-0.4, -0.2) is 42.0 Å². The molecule has 9 nitrogen and oxygen atoms in total. The molecular weight excluding hydrogens is 434 g/mol. The lowest BCUT2D eigenvalue weighted by Crippen LogP contribution is -2.31. The number of benzene rings is 2. The Balaban J connectivity index is 1.82. The van der Waals surface area contributed by atoms with Crippen LogP contribution in [0.4, 0.5) is 11.6 Å². The Morgan fingerprint density at radius 3 is 2.34 bits per heavy atom. The molecule has 0 bridgehead atoms. The standard InChI is InChI=1S/C22H22ClN5O4/c1-12-18(21(29)27-15-7-5-14(23)6-8-15)19(28-22(26-12)24-11-25-28)13-9-16(30-2)20(32-4)17(10-13)31-3/h5-11,19H,1-4H3,(H,27,29)(H,24,25,26)/t19-/m0/s1. The molecule has 0 unspecified atom stereocenters. The van der Waals surface area contributed by atoms with E-state index in [0.29, 0.717) is 50.7 Å². The van der Waals surface area contributed by atoms with Crippen LogP contribution in [0, 0.1) is 0 Å². The van der Waals surface area contributed by atoms with Crippen molar-refractivity contribution in [1.82, 2.24) is 14.8 Å². The van der Waals surface area contributed by atoms with Crippen LogP contribution in [0.2, 0.25) is 5.02 Å². The maximum atomic E-state index is 13.4. The fourth-order valence-corrected chi connectivity index (χ4v) is 3.81. The molecule has 0 radical (unpaired) electrons. The maximum absolute atomic E-state index is 13.4. The Morgan fingerprint density at radius 1 is 1.09 bits per heavy atom. The highest BCUT2D eigenvalue weighted by molar-refractivity contribution is 6.30. The van der Waals surface area contributed by atoms with Gasteiger partial charge in [0, 0.05) is 16.4 Å². The Bertz CT molecular complexity index is 1160. The van der Waals surface area contributed by atoms with Crippen molar-refractivity contribution in [2.45, 2.75) is 13.0 Å². The van der Waals surface area contributed by atoms with Gasteiger partial charge < -0.3 is 24.8 Å². The molecule has 1 aliphatic rings. The minimum atomic E-state index is -0.588. The molecule has 2 heterocycles. The molecule has 1 atom stereocenters. The fourth-order valence-electron chi connectivity index (χ4n) is 3.68. The van der Waals surface area contributed by atoms with Crippen molar-refractivity contribution in [3.8, 4) is 17.2 Å². The summed E-state index contributed by atoms with van der Waals surface area (Å²) in [7, 11) is 4.62. The predicted octanol–water partition coefficient (Wildman–Crippen LogP) is 3.88. The summed E-state index contributed by atoms with van der Waals surface area (Å²) < 4.78 is 18.1. The van der Waals surface area contributed by atoms with Crippen molar-refractivity contribution in [2.75, 3.05) is 32.0 Å². The quantitative estimate of drug-likeness (QED) is 0.581. The van der Waals surface area contributed by atoms with E-state index in [0.717, 1.165) is 0 Å². The summed E-state index contributed by atoms with van der Waals surface area (Å²) in [6, 6.07) is 9.91. The Morgan fingerprint density at radius 2 is 1.75 bits per heavy atom. The zero-order chi connectivity index (χ0) is 22.8. The number of fused-ring (bicyclic) bond motifs is 1. The van der Waals surface area contributed by atoms with Gasteiger partial charge >= 0.3 is 0 Å². The number of carbonyl (C=O) groups is 1. The van der Waals surface area contributed by atoms with E-state index in [-0.39, 0.29) is 5.91 Å². The van der Waals surface area contributed by atoms with Crippen molar-refractivity contribution < 1.29 is 19.0 Å². The lowest BCUT2D eigenvalue weighted by Gasteiger charge is -2.29. The number of carbonyl (C=O) groups excluding carboxylic acids is 1. The van der Waals surface area contributed by atoms with E-state index in [2.05, 4.69) is 20.7 Å². The molecule has 166 valence electrons. The third kappa shape index (κ3) is 3.82. The van der Waals surface area contributed by atoms with Gasteiger partial charge in [-0.1, -0.05) is 11.6 Å². The van der Waals surface area contributed by atoms with Gasteiger partial charge in [-0.15, -0.1) is 0 Å². The first-order valence-corrected chi connectivity index (χ1v) is 10.1. The van der Waals surface area contributed by atoms with Crippen LogP contribution in [-0.2, 0) is 4.79 Å². The molecule has 0 saturated carbocycles. The number of hydrogen-bond donors (Lipinski definition) is 2. The molecule has 0 fully saturated rings. The van der Waals surface area contributed by atoms with E-state index in [9.17, 15) is 4.79 Å². The van der Waals surface area contributed by atoms with Gasteiger partial charge in [0.25, 0.3) is 5.91 Å². The summed E-state index contributed by atoms with van der Waals surface area (Å²) in [6.07, 6.45) is 1.43. The largest absolute Gasteiger partial charge is 0.493 e. The van der Waals surface area contributed by atoms with E-state index in [1.165, 1.54) is 13.4 Å². The summed E-state index contributed by atoms with van der Waals surface area (Å²) >= 11 is 5.96. The summed E-state index contributed by atoms with van der Waals surface area (Å²) in [4.78, 5) is 17.7. The van der Waals surface area contributed by atoms with Gasteiger partial charge in [0.1, 0.15) is 12.4 Å². The molecule has 0 saturated heterocycles. The summed E-state index contributed by atoms with van der Waals surface area (Å²) in [5.74, 6) is 1.62. The van der Waals surface area contributed by atoms with Crippen LogP contribution in [0.15, 0.2) is 54.0 Å². The number of rotatable bonds is 6. The van der Waals surface area contributed by atoms with Crippen LogP contribution in [0.1, 0.15) is 18.5 Å². The highest BCUT2D eigenvalue weighted by atomic mass is 35.5. The first kappa shape index (κ1) is 21.5. The molecule has 2 N–H and O–H groups in total. The number of nitrogens with zero attached hydrogens (tertiary/aromatic N) is 3. The SMILES string of the molecule is COc1cc([C@H]2C(C(=O)Nc3ccc(Cl)cc3)=C(C)Nc3ncnn32)cc(OC)c1OC. The van der Waals surface area contributed by atoms with Gasteiger partial charge in [-0.05, 0) is 48.9 Å². The minimum Gasteiger partial charge on any atom is -0.493 e. The van der Waals surface area contributed by atoms with Crippen LogP contribution in [0.3, 0.4) is 0 Å². The first-order valence-electron chi connectivity index (χ1n) is 9.71. The van der Waals surface area contributed by atoms with Crippen LogP contribution < -0.4 is 24.8 Å². The Labute approximate surface area is 190 Å². The monoisotopic (exact) mass is 455 g/mol.